The van der Waals surface area contributed by atoms with Gasteiger partial charge in [0.05, 0.1) is 17.5 Å². The highest BCUT2D eigenvalue weighted by molar-refractivity contribution is 6.32. The molecule has 1 aromatic carbocycles. The third kappa shape index (κ3) is 2.32. The number of carbonyl (C=O) groups is 2. The number of Topliss-reactive ketones (excluding diaryl/α,β-unsaturated/α-hetero) is 1. The van der Waals surface area contributed by atoms with Crippen molar-refractivity contribution in [2.24, 2.45) is 11.8 Å². The summed E-state index contributed by atoms with van der Waals surface area (Å²) in [5, 5.41) is 9.29. The van der Waals surface area contributed by atoms with E-state index in [9.17, 15) is 9.59 Å². The molecule has 1 unspecified atom stereocenters. The van der Waals surface area contributed by atoms with Gasteiger partial charge in [-0.1, -0.05) is 11.6 Å². The largest absolute Gasteiger partial charge is 0.491 e. The van der Waals surface area contributed by atoms with Crippen molar-refractivity contribution in [3.63, 3.8) is 0 Å². The number of hydrogen-bond acceptors (Lipinski definition) is 3. The number of rotatable bonds is 4. The fourth-order valence-corrected chi connectivity index (χ4v) is 2.85. The second kappa shape index (κ2) is 4.53. The van der Waals surface area contributed by atoms with Crippen LogP contribution in [0.1, 0.15) is 28.8 Å². The summed E-state index contributed by atoms with van der Waals surface area (Å²) in [7, 11) is 0. The third-order valence-corrected chi connectivity index (χ3v) is 4.03. The van der Waals surface area contributed by atoms with Crippen molar-refractivity contribution in [1.29, 1.82) is 0 Å². The molecule has 1 aliphatic heterocycles. The van der Waals surface area contributed by atoms with Crippen molar-refractivity contribution in [2.75, 3.05) is 6.61 Å². The maximum atomic E-state index is 12.1. The molecule has 2 atom stereocenters. The Labute approximate surface area is 115 Å². The van der Waals surface area contributed by atoms with Gasteiger partial charge in [0.1, 0.15) is 5.75 Å². The van der Waals surface area contributed by atoms with Crippen molar-refractivity contribution >= 4 is 23.4 Å². The van der Waals surface area contributed by atoms with E-state index in [1.165, 1.54) is 0 Å². The molecule has 3 rings (SSSR count). The lowest BCUT2D eigenvalue weighted by atomic mass is 10.0. The number of hydrogen-bond donors (Lipinski definition) is 1. The molecule has 1 heterocycles. The number of aliphatic carboxylic acids is 1. The second-order valence-electron chi connectivity index (χ2n) is 5.11. The van der Waals surface area contributed by atoms with Crippen LogP contribution in [-0.2, 0) is 11.2 Å². The van der Waals surface area contributed by atoms with Gasteiger partial charge in [-0.2, -0.15) is 0 Å². The first-order valence-corrected chi connectivity index (χ1v) is 6.65. The van der Waals surface area contributed by atoms with Crippen molar-refractivity contribution in [1.82, 2.24) is 0 Å². The van der Waals surface area contributed by atoms with E-state index in [1.54, 1.807) is 6.07 Å². The van der Waals surface area contributed by atoms with Crippen LogP contribution in [0.4, 0.5) is 0 Å². The fraction of sp³-hybridized carbons (Fsp3) is 0.429. The molecule has 0 radical (unpaired) electrons. The van der Waals surface area contributed by atoms with Crippen molar-refractivity contribution < 1.29 is 19.4 Å². The Kier molecular flexibility index (Phi) is 2.97. The number of benzene rings is 1. The van der Waals surface area contributed by atoms with Crippen LogP contribution >= 0.6 is 11.6 Å². The molecule has 100 valence electrons. The Morgan fingerprint density at radius 1 is 1.42 bits per heavy atom. The van der Waals surface area contributed by atoms with Crippen LogP contribution < -0.4 is 4.74 Å². The Morgan fingerprint density at radius 2 is 2.21 bits per heavy atom. The Morgan fingerprint density at radius 3 is 2.89 bits per heavy atom. The lowest BCUT2D eigenvalue weighted by Crippen LogP contribution is -2.05. The molecule has 1 aliphatic carbocycles. The highest BCUT2D eigenvalue weighted by Crippen LogP contribution is 2.42. The van der Waals surface area contributed by atoms with Crippen LogP contribution in [0, 0.1) is 11.8 Å². The zero-order valence-corrected chi connectivity index (χ0v) is 10.9. The van der Waals surface area contributed by atoms with Crippen molar-refractivity contribution in [2.45, 2.75) is 19.3 Å². The molecule has 19 heavy (non-hydrogen) atoms. The average molecular weight is 281 g/mol. The molecule has 1 aromatic rings. The van der Waals surface area contributed by atoms with Gasteiger partial charge in [0, 0.05) is 18.4 Å². The Bertz CT molecular complexity index is 567. The minimum absolute atomic E-state index is 0.0201. The third-order valence-electron chi connectivity index (χ3n) is 3.75. The number of carbonyl (C=O) groups excluding carboxylic acids is 1. The SMILES string of the molecule is O=C(CC1C[C@@H]1C(=O)O)c1cc(Cl)c2c(c1)CCO2. The molecule has 4 nitrogen and oxygen atoms in total. The summed E-state index contributed by atoms with van der Waals surface area (Å²) in [5.41, 5.74) is 1.52. The Hall–Kier alpha value is -1.55. The minimum atomic E-state index is -0.807. The number of ether oxygens (including phenoxy) is 1. The fourth-order valence-electron chi connectivity index (χ4n) is 2.55. The lowest BCUT2D eigenvalue weighted by Gasteiger charge is -2.06. The summed E-state index contributed by atoms with van der Waals surface area (Å²) in [4.78, 5) is 22.9. The Balaban J connectivity index is 1.74. The van der Waals surface area contributed by atoms with Gasteiger partial charge in [-0.05, 0) is 30.0 Å². The van der Waals surface area contributed by atoms with E-state index in [4.69, 9.17) is 21.4 Å². The zero-order chi connectivity index (χ0) is 13.6. The zero-order valence-electron chi connectivity index (χ0n) is 10.2. The molecule has 0 bridgehead atoms. The normalized spacial score (nSPS) is 23.6. The topological polar surface area (TPSA) is 63.6 Å². The highest BCUT2D eigenvalue weighted by atomic mass is 35.5. The first-order valence-electron chi connectivity index (χ1n) is 6.27. The molecular weight excluding hydrogens is 268 g/mol. The van der Waals surface area contributed by atoms with Gasteiger partial charge >= 0.3 is 5.97 Å². The molecule has 1 fully saturated rings. The van der Waals surface area contributed by atoms with E-state index < -0.39 is 5.97 Å². The van der Waals surface area contributed by atoms with E-state index in [0.717, 1.165) is 12.0 Å². The first-order chi connectivity index (χ1) is 9.06. The summed E-state index contributed by atoms with van der Waals surface area (Å²) in [6, 6.07) is 3.43. The number of halogens is 1. The van der Waals surface area contributed by atoms with Gasteiger partial charge in [-0.3, -0.25) is 9.59 Å². The van der Waals surface area contributed by atoms with E-state index >= 15 is 0 Å². The van der Waals surface area contributed by atoms with E-state index in [1.807, 2.05) is 6.07 Å². The summed E-state index contributed by atoms with van der Waals surface area (Å²) in [5.74, 6) is -0.540. The van der Waals surface area contributed by atoms with Crippen LogP contribution in [0.2, 0.25) is 5.02 Å². The van der Waals surface area contributed by atoms with Gasteiger partial charge in [-0.25, -0.2) is 0 Å². The molecular formula is C14H13ClO4. The summed E-state index contributed by atoms with van der Waals surface area (Å²) in [6.45, 7) is 0.594. The number of carboxylic acid groups (broad SMARTS) is 1. The molecule has 2 aliphatic rings. The predicted octanol–water partition coefficient (Wildman–Crippen LogP) is 2.57. The van der Waals surface area contributed by atoms with Gasteiger partial charge in [0.15, 0.2) is 5.78 Å². The predicted molar refractivity (Wildman–Crippen MR) is 68.8 cm³/mol. The van der Waals surface area contributed by atoms with Gasteiger partial charge in [0.25, 0.3) is 0 Å². The molecule has 1 saturated carbocycles. The maximum Gasteiger partial charge on any atom is 0.306 e. The number of ketones is 1. The van der Waals surface area contributed by atoms with Gasteiger partial charge < -0.3 is 9.84 Å². The van der Waals surface area contributed by atoms with E-state index in [2.05, 4.69) is 0 Å². The minimum Gasteiger partial charge on any atom is -0.491 e. The molecule has 0 spiro atoms. The molecule has 0 saturated heterocycles. The van der Waals surface area contributed by atoms with E-state index in [0.29, 0.717) is 29.4 Å². The lowest BCUT2D eigenvalue weighted by molar-refractivity contribution is -0.138. The number of carboxylic acids is 1. The molecule has 0 amide bonds. The highest BCUT2D eigenvalue weighted by Gasteiger charge is 2.44. The quantitative estimate of drug-likeness (QED) is 0.861. The van der Waals surface area contributed by atoms with Gasteiger partial charge in [0.2, 0.25) is 0 Å². The van der Waals surface area contributed by atoms with Gasteiger partial charge in [-0.15, -0.1) is 0 Å². The first kappa shape index (κ1) is 12.5. The smallest absolute Gasteiger partial charge is 0.306 e. The van der Waals surface area contributed by atoms with Crippen molar-refractivity contribution in [3.8, 4) is 5.75 Å². The molecule has 5 heteroatoms. The summed E-state index contributed by atoms with van der Waals surface area (Å²) < 4.78 is 5.38. The molecule has 0 aromatic heterocycles. The second-order valence-corrected chi connectivity index (χ2v) is 5.52. The van der Waals surface area contributed by atoms with Crippen LogP contribution in [0.5, 0.6) is 5.75 Å². The van der Waals surface area contributed by atoms with Crippen LogP contribution in [0.3, 0.4) is 0 Å². The monoisotopic (exact) mass is 280 g/mol. The number of fused-ring (bicyclic) bond motifs is 1. The maximum absolute atomic E-state index is 12.1. The molecule has 1 N–H and O–H groups in total. The average Bonchev–Trinajstić information content (AvgIpc) is 2.96. The summed E-state index contributed by atoms with van der Waals surface area (Å²) >= 11 is 6.08. The van der Waals surface area contributed by atoms with Crippen LogP contribution in [0.15, 0.2) is 12.1 Å². The summed E-state index contributed by atoms with van der Waals surface area (Å²) in [6.07, 6.45) is 1.65. The van der Waals surface area contributed by atoms with Crippen LogP contribution in [0.25, 0.3) is 0 Å². The standard InChI is InChI=1S/C14H13ClO4/c15-11-5-9(3-7-1-2-19-13(7)11)12(16)6-8-4-10(8)14(17)18/h3,5,8,10H,1-2,4,6H2,(H,17,18)/t8?,10-/m0/s1. The van der Waals surface area contributed by atoms with E-state index in [-0.39, 0.29) is 24.0 Å². The van der Waals surface area contributed by atoms with Crippen molar-refractivity contribution in [3.05, 3.63) is 28.3 Å². The van der Waals surface area contributed by atoms with Crippen LogP contribution in [-0.4, -0.2) is 23.5 Å².